The van der Waals surface area contributed by atoms with E-state index in [0.717, 1.165) is 5.39 Å². The Hall–Kier alpha value is -2.17. The summed E-state index contributed by atoms with van der Waals surface area (Å²) in [7, 11) is 1.51. The Morgan fingerprint density at radius 3 is 2.75 bits per heavy atom. The molecule has 0 aliphatic carbocycles. The van der Waals surface area contributed by atoms with Crippen molar-refractivity contribution in [2.24, 2.45) is 0 Å². The fourth-order valence-corrected chi connectivity index (χ4v) is 2.02. The first-order valence-electron chi connectivity index (χ1n) is 6.43. The molecule has 0 unspecified atom stereocenters. The minimum Gasteiger partial charge on any atom is -0.481 e. The van der Waals surface area contributed by atoms with Crippen LogP contribution in [0.4, 0.5) is 4.39 Å². The van der Waals surface area contributed by atoms with E-state index in [2.05, 4.69) is 4.98 Å². The highest BCUT2D eigenvalue weighted by molar-refractivity contribution is 5.83. The van der Waals surface area contributed by atoms with Gasteiger partial charge in [-0.15, -0.1) is 0 Å². The molecule has 5 heteroatoms. The standard InChI is InChI=1S/C15H16FNO3/c1-3-20-14(18)9-6-11-12(16)7-4-10-5-8-13(19-2)17-15(10)11/h4-5,7-8H,3,6,9H2,1-2H3. The highest BCUT2D eigenvalue weighted by Gasteiger charge is 2.12. The van der Waals surface area contributed by atoms with Crippen LogP contribution in [0.5, 0.6) is 5.88 Å². The molecule has 20 heavy (non-hydrogen) atoms. The monoisotopic (exact) mass is 277 g/mol. The summed E-state index contributed by atoms with van der Waals surface area (Å²) in [5.74, 6) is -0.296. The number of nitrogens with zero attached hydrogens (tertiary/aromatic N) is 1. The van der Waals surface area contributed by atoms with Crippen LogP contribution in [0, 0.1) is 5.82 Å². The van der Waals surface area contributed by atoms with Crippen LogP contribution < -0.4 is 4.74 Å². The van der Waals surface area contributed by atoms with Crippen LogP contribution in [0.3, 0.4) is 0 Å². The van der Waals surface area contributed by atoms with Crippen molar-refractivity contribution in [1.82, 2.24) is 4.98 Å². The molecule has 0 N–H and O–H groups in total. The zero-order valence-corrected chi connectivity index (χ0v) is 11.5. The number of halogens is 1. The first-order valence-corrected chi connectivity index (χ1v) is 6.43. The summed E-state index contributed by atoms with van der Waals surface area (Å²) in [6, 6.07) is 6.58. The van der Waals surface area contributed by atoms with Gasteiger partial charge in [-0.3, -0.25) is 4.79 Å². The maximum atomic E-state index is 14.0. The van der Waals surface area contributed by atoms with E-state index >= 15 is 0 Å². The maximum absolute atomic E-state index is 14.0. The Bertz CT molecular complexity index is 628. The summed E-state index contributed by atoms with van der Waals surface area (Å²) in [6.07, 6.45) is 0.380. The van der Waals surface area contributed by atoms with Crippen LogP contribution in [-0.2, 0) is 16.0 Å². The number of aromatic nitrogens is 1. The van der Waals surface area contributed by atoms with Crippen LogP contribution in [0.25, 0.3) is 10.9 Å². The summed E-state index contributed by atoms with van der Waals surface area (Å²) in [6.45, 7) is 2.06. The lowest BCUT2D eigenvalue weighted by Crippen LogP contribution is -2.06. The molecule has 0 bridgehead atoms. The summed E-state index contributed by atoms with van der Waals surface area (Å²) in [4.78, 5) is 15.7. The lowest BCUT2D eigenvalue weighted by molar-refractivity contribution is -0.143. The Balaban J connectivity index is 2.34. The quantitative estimate of drug-likeness (QED) is 0.788. The van der Waals surface area contributed by atoms with Gasteiger partial charge >= 0.3 is 5.97 Å². The van der Waals surface area contributed by atoms with Crippen molar-refractivity contribution in [2.45, 2.75) is 19.8 Å². The number of carbonyl (C=O) groups excluding carboxylic acids is 1. The van der Waals surface area contributed by atoms with Gasteiger partial charge in [0.05, 0.1) is 19.2 Å². The van der Waals surface area contributed by atoms with Crippen molar-refractivity contribution in [3.05, 3.63) is 35.6 Å². The summed E-state index contributed by atoms with van der Waals surface area (Å²) < 4.78 is 23.9. The van der Waals surface area contributed by atoms with E-state index in [1.165, 1.54) is 13.2 Å². The zero-order valence-electron chi connectivity index (χ0n) is 11.5. The molecule has 0 aliphatic heterocycles. The predicted octanol–water partition coefficient (Wildman–Crippen LogP) is 2.88. The molecular formula is C15H16FNO3. The highest BCUT2D eigenvalue weighted by Crippen LogP contribution is 2.24. The lowest BCUT2D eigenvalue weighted by Gasteiger charge is -2.08. The number of methoxy groups -OCH3 is 1. The minimum atomic E-state index is -0.373. The molecule has 4 nitrogen and oxygen atoms in total. The Kier molecular flexibility index (Phi) is 4.50. The van der Waals surface area contributed by atoms with E-state index < -0.39 is 0 Å². The number of benzene rings is 1. The van der Waals surface area contributed by atoms with Crippen LogP contribution in [-0.4, -0.2) is 24.7 Å². The molecule has 0 spiro atoms. The van der Waals surface area contributed by atoms with Crippen LogP contribution in [0.15, 0.2) is 24.3 Å². The molecule has 1 heterocycles. The van der Waals surface area contributed by atoms with E-state index in [0.29, 0.717) is 23.6 Å². The van der Waals surface area contributed by atoms with Gasteiger partial charge in [-0.2, -0.15) is 0 Å². The van der Waals surface area contributed by atoms with Gasteiger partial charge in [-0.1, -0.05) is 0 Å². The second-order valence-corrected chi connectivity index (χ2v) is 4.26. The smallest absolute Gasteiger partial charge is 0.306 e. The molecule has 2 aromatic rings. The van der Waals surface area contributed by atoms with Gasteiger partial charge in [0.25, 0.3) is 0 Å². The number of hydrogen-bond acceptors (Lipinski definition) is 4. The molecule has 0 atom stereocenters. The number of pyridine rings is 1. The predicted molar refractivity (Wildman–Crippen MR) is 73.2 cm³/mol. The molecule has 106 valence electrons. The van der Waals surface area contributed by atoms with Crippen molar-refractivity contribution < 1.29 is 18.7 Å². The molecule has 1 aromatic heterocycles. The van der Waals surface area contributed by atoms with Crippen molar-refractivity contribution in [3.8, 4) is 5.88 Å². The van der Waals surface area contributed by atoms with Crippen molar-refractivity contribution in [3.63, 3.8) is 0 Å². The SMILES string of the molecule is CCOC(=O)CCc1c(F)ccc2ccc(OC)nc12. The van der Waals surface area contributed by atoms with Gasteiger partial charge in [0, 0.05) is 23.4 Å². The third-order valence-electron chi connectivity index (χ3n) is 2.98. The fraction of sp³-hybridized carbons (Fsp3) is 0.333. The normalized spacial score (nSPS) is 10.6. The molecule has 0 amide bonds. The number of hydrogen-bond donors (Lipinski definition) is 0. The fourth-order valence-electron chi connectivity index (χ4n) is 2.02. The maximum Gasteiger partial charge on any atom is 0.306 e. The third-order valence-corrected chi connectivity index (χ3v) is 2.98. The highest BCUT2D eigenvalue weighted by atomic mass is 19.1. The number of aryl methyl sites for hydroxylation is 1. The second kappa shape index (κ2) is 6.32. The van der Waals surface area contributed by atoms with Crippen molar-refractivity contribution in [2.75, 3.05) is 13.7 Å². The van der Waals surface area contributed by atoms with Gasteiger partial charge in [0.2, 0.25) is 5.88 Å². The van der Waals surface area contributed by atoms with Gasteiger partial charge < -0.3 is 9.47 Å². The lowest BCUT2D eigenvalue weighted by atomic mass is 10.0. The zero-order chi connectivity index (χ0) is 14.5. The van der Waals surface area contributed by atoms with Gasteiger partial charge in [-0.25, -0.2) is 9.37 Å². The van der Waals surface area contributed by atoms with E-state index in [9.17, 15) is 9.18 Å². The van der Waals surface area contributed by atoms with Crippen LogP contribution >= 0.6 is 0 Å². The molecule has 0 radical (unpaired) electrons. The number of esters is 1. The molecule has 0 fully saturated rings. The Morgan fingerprint density at radius 1 is 1.30 bits per heavy atom. The van der Waals surface area contributed by atoms with Crippen LogP contribution in [0.1, 0.15) is 18.9 Å². The largest absolute Gasteiger partial charge is 0.481 e. The van der Waals surface area contributed by atoms with E-state index in [-0.39, 0.29) is 24.6 Å². The molecule has 2 rings (SSSR count). The third kappa shape index (κ3) is 3.04. The average molecular weight is 277 g/mol. The van der Waals surface area contributed by atoms with Gasteiger partial charge in [0.15, 0.2) is 0 Å². The number of ether oxygens (including phenoxy) is 2. The Labute approximate surface area is 116 Å². The number of rotatable bonds is 5. The summed E-state index contributed by atoms with van der Waals surface area (Å²) >= 11 is 0. The van der Waals surface area contributed by atoms with Crippen molar-refractivity contribution >= 4 is 16.9 Å². The van der Waals surface area contributed by atoms with Crippen molar-refractivity contribution in [1.29, 1.82) is 0 Å². The molecular weight excluding hydrogens is 261 g/mol. The summed E-state index contributed by atoms with van der Waals surface area (Å²) in [5, 5.41) is 0.811. The molecule has 0 aliphatic rings. The topological polar surface area (TPSA) is 48.4 Å². The first kappa shape index (κ1) is 14.2. The van der Waals surface area contributed by atoms with Crippen LogP contribution in [0.2, 0.25) is 0 Å². The van der Waals surface area contributed by atoms with E-state index in [4.69, 9.17) is 9.47 Å². The molecule has 1 aromatic carbocycles. The average Bonchev–Trinajstić information content (AvgIpc) is 2.46. The van der Waals surface area contributed by atoms with E-state index in [1.807, 2.05) is 6.07 Å². The molecule has 0 saturated heterocycles. The van der Waals surface area contributed by atoms with Gasteiger partial charge in [0.1, 0.15) is 5.82 Å². The number of fused-ring (bicyclic) bond motifs is 1. The Morgan fingerprint density at radius 2 is 2.05 bits per heavy atom. The second-order valence-electron chi connectivity index (χ2n) is 4.26. The molecule has 0 saturated carbocycles. The summed E-state index contributed by atoms with van der Waals surface area (Å²) in [5.41, 5.74) is 0.933. The minimum absolute atomic E-state index is 0.128. The number of carbonyl (C=O) groups is 1. The first-order chi connectivity index (χ1) is 9.65. The van der Waals surface area contributed by atoms with Gasteiger partial charge in [-0.05, 0) is 31.5 Å². The van der Waals surface area contributed by atoms with E-state index in [1.54, 1.807) is 19.1 Å².